The number of carbonyl (C=O) groups is 3. The van der Waals surface area contributed by atoms with Crippen molar-refractivity contribution in [3.8, 4) is 0 Å². The lowest BCUT2D eigenvalue weighted by molar-refractivity contribution is -0.145. The van der Waals surface area contributed by atoms with Gasteiger partial charge in [-0.05, 0) is 32.9 Å². The first-order valence-corrected chi connectivity index (χ1v) is 9.29. The Labute approximate surface area is 153 Å². The number of para-hydroxylation sites is 1. The van der Waals surface area contributed by atoms with E-state index in [1.165, 1.54) is 23.1 Å². The fraction of sp³-hybridized carbons (Fsp3) is 0.375. The maximum absolute atomic E-state index is 11.7. The molecule has 0 spiro atoms. The second-order valence-corrected chi connectivity index (χ2v) is 8.40. The van der Waals surface area contributed by atoms with Crippen LogP contribution in [0.1, 0.15) is 20.8 Å². The number of aromatic nitrogens is 1. The molecule has 2 rings (SSSR count). The number of fused-ring (bicyclic) bond motifs is 1. The number of esters is 1. The number of thiazole rings is 1. The molecule has 25 heavy (non-hydrogen) atoms. The van der Waals surface area contributed by atoms with Crippen molar-refractivity contribution >= 4 is 51.2 Å². The molecule has 2 aromatic rings. The maximum atomic E-state index is 11.7. The molecule has 0 saturated carbocycles. The minimum atomic E-state index is -0.680. The molecule has 0 bridgehead atoms. The van der Waals surface area contributed by atoms with Crippen LogP contribution in [0, 0.1) is 0 Å². The highest BCUT2D eigenvalue weighted by atomic mass is 32.2. The fourth-order valence-corrected chi connectivity index (χ4v) is 3.62. The third-order valence-electron chi connectivity index (χ3n) is 2.69. The lowest BCUT2D eigenvalue weighted by atomic mass is 10.1. The van der Waals surface area contributed by atoms with Crippen LogP contribution in [0.5, 0.6) is 0 Å². The number of thioether (sulfide) groups is 1. The van der Waals surface area contributed by atoms with Crippen molar-refractivity contribution in [3.05, 3.63) is 24.3 Å². The molecule has 0 saturated heterocycles. The standard InChI is InChI=1S/C16H19N3O4S2/c1-16(2,3)19-14(22)18-12(20)8-23-13(21)9-24-15-17-10-6-4-5-7-11(10)25-15/h4-7H,8-9H2,1-3H3,(H2,18,19,20,22). The molecule has 3 amide bonds. The van der Waals surface area contributed by atoms with Gasteiger partial charge in [-0.25, -0.2) is 9.78 Å². The Morgan fingerprint density at radius 2 is 1.96 bits per heavy atom. The normalized spacial score (nSPS) is 11.2. The van der Waals surface area contributed by atoms with Crippen molar-refractivity contribution in [2.45, 2.75) is 30.6 Å². The van der Waals surface area contributed by atoms with Gasteiger partial charge in [0.25, 0.3) is 5.91 Å². The second-order valence-electron chi connectivity index (χ2n) is 6.15. The van der Waals surface area contributed by atoms with E-state index in [-0.39, 0.29) is 5.75 Å². The van der Waals surface area contributed by atoms with Gasteiger partial charge in [0.2, 0.25) is 0 Å². The summed E-state index contributed by atoms with van der Waals surface area (Å²) in [5, 5.41) is 4.67. The van der Waals surface area contributed by atoms with Crippen LogP contribution in [-0.4, -0.2) is 40.8 Å². The molecule has 7 nitrogen and oxygen atoms in total. The number of benzene rings is 1. The zero-order valence-electron chi connectivity index (χ0n) is 14.1. The van der Waals surface area contributed by atoms with Gasteiger partial charge in [-0.1, -0.05) is 23.9 Å². The molecule has 0 atom stereocenters. The Bertz CT molecular complexity index is 750. The summed E-state index contributed by atoms with van der Waals surface area (Å²) in [5.41, 5.74) is 0.419. The molecule has 0 aliphatic carbocycles. The number of rotatable bonds is 5. The second kappa shape index (κ2) is 8.30. The van der Waals surface area contributed by atoms with Crippen molar-refractivity contribution in [1.29, 1.82) is 0 Å². The number of hydrogen-bond acceptors (Lipinski definition) is 7. The van der Waals surface area contributed by atoms with Gasteiger partial charge in [0.1, 0.15) is 0 Å². The monoisotopic (exact) mass is 381 g/mol. The maximum Gasteiger partial charge on any atom is 0.321 e. The van der Waals surface area contributed by atoms with Crippen molar-refractivity contribution in [3.63, 3.8) is 0 Å². The van der Waals surface area contributed by atoms with Gasteiger partial charge in [0.15, 0.2) is 10.9 Å². The van der Waals surface area contributed by atoms with Gasteiger partial charge in [-0.2, -0.15) is 0 Å². The highest BCUT2D eigenvalue weighted by molar-refractivity contribution is 8.01. The molecular formula is C16H19N3O4S2. The first kappa shape index (κ1) is 19.2. The Hall–Kier alpha value is -2.13. The molecule has 2 N–H and O–H groups in total. The Balaban J connectivity index is 1.71. The SMILES string of the molecule is CC(C)(C)NC(=O)NC(=O)COC(=O)CSc1nc2ccccc2s1. The summed E-state index contributed by atoms with van der Waals surface area (Å²) in [6.07, 6.45) is 0. The van der Waals surface area contributed by atoms with Crippen molar-refractivity contribution in [2.75, 3.05) is 12.4 Å². The van der Waals surface area contributed by atoms with E-state index in [4.69, 9.17) is 4.74 Å². The van der Waals surface area contributed by atoms with Crippen LogP contribution in [0.4, 0.5) is 4.79 Å². The summed E-state index contributed by atoms with van der Waals surface area (Å²) in [4.78, 5) is 39.2. The lowest BCUT2D eigenvalue weighted by Gasteiger charge is -2.20. The summed E-state index contributed by atoms with van der Waals surface area (Å²) in [7, 11) is 0. The summed E-state index contributed by atoms with van der Waals surface area (Å²) in [5.74, 6) is -1.18. The van der Waals surface area contributed by atoms with Gasteiger partial charge in [0, 0.05) is 5.54 Å². The topological polar surface area (TPSA) is 97.4 Å². The van der Waals surface area contributed by atoms with Gasteiger partial charge < -0.3 is 10.1 Å². The molecule has 1 heterocycles. The Morgan fingerprint density at radius 3 is 2.64 bits per heavy atom. The molecule has 0 unspecified atom stereocenters. The highest BCUT2D eigenvalue weighted by Gasteiger charge is 2.16. The number of carbonyl (C=O) groups excluding carboxylic acids is 3. The summed E-state index contributed by atoms with van der Waals surface area (Å²) < 4.78 is 6.66. The minimum Gasteiger partial charge on any atom is -0.455 e. The first-order valence-electron chi connectivity index (χ1n) is 7.49. The van der Waals surface area contributed by atoms with Crippen LogP contribution in [0.25, 0.3) is 10.2 Å². The number of imide groups is 1. The number of nitrogens with zero attached hydrogens (tertiary/aromatic N) is 1. The van der Waals surface area contributed by atoms with E-state index in [0.29, 0.717) is 0 Å². The van der Waals surface area contributed by atoms with Crippen LogP contribution in [0.15, 0.2) is 28.6 Å². The molecule has 9 heteroatoms. The van der Waals surface area contributed by atoms with Crippen molar-refractivity contribution < 1.29 is 19.1 Å². The quantitative estimate of drug-likeness (QED) is 0.610. The average molecular weight is 381 g/mol. The van der Waals surface area contributed by atoms with E-state index in [1.54, 1.807) is 20.8 Å². The Kier molecular flexibility index (Phi) is 6.38. The van der Waals surface area contributed by atoms with Crippen molar-refractivity contribution in [2.24, 2.45) is 0 Å². The molecule has 0 radical (unpaired) electrons. The molecule has 1 aromatic carbocycles. The summed E-state index contributed by atoms with van der Waals surface area (Å²) in [6.45, 7) is 4.86. The predicted molar refractivity (Wildman–Crippen MR) is 97.7 cm³/mol. The van der Waals surface area contributed by atoms with E-state index in [2.05, 4.69) is 15.6 Å². The van der Waals surface area contributed by atoms with Gasteiger partial charge >= 0.3 is 12.0 Å². The largest absolute Gasteiger partial charge is 0.455 e. The number of urea groups is 1. The number of amides is 3. The molecule has 1 aromatic heterocycles. The number of hydrogen-bond donors (Lipinski definition) is 2. The third kappa shape index (κ3) is 6.71. The minimum absolute atomic E-state index is 0.0429. The fourth-order valence-electron chi connectivity index (χ4n) is 1.76. The average Bonchev–Trinajstić information content (AvgIpc) is 2.91. The van der Waals surface area contributed by atoms with E-state index in [0.717, 1.165) is 14.6 Å². The third-order valence-corrected chi connectivity index (χ3v) is 4.85. The van der Waals surface area contributed by atoms with Crippen LogP contribution in [0.2, 0.25) is 0 Å². The molecule has 0 fully saturated rings. The first-order chi connectivity index (χ1) is 11.7. The van der Waals surface area contributed by atoms with E-state index in [1.807, 2.05) is 24.3 Å². The van der Waals surface area contributed by atoms with Crippen molar-refractivity contribution in [1.82, 2.24) is 15.6 Å². The molecule has 0 aliphatic heterocycles. The van der Waals surface area contributed by atoms with Crippen LogP contribution in [-0.2, 0) is 14.3 Å². The molecule has 0 aliphatic rings. The summed E-state index contributed by atoms with van der Waals surface area (Å²) in [6, 6.07) is 7.07. The molecule has 134 valence electrons. The zero-order valence-corrected chi connectivity index (χ0v) is 15.8. The van der Waals surface area contributed by atoms with Gasteiger partial charge in [-0.15, -0.1) is 11.3 Å². The lowest BCUT2D eigenvalue weighted by Crippen LogP contribution is -2.49. The zero-order chi connectivity index (χ0) is 18.4. The van der Waals surface area contributed by atoms with E-state index >= 15 is 0 Å². The Morgan fingerprint density at radius 1 is 1.24 bits per heavy atom. The van der Waals surface area contributed by atoms with E-state index < -0.39 is 30.1 Å². The van der Waals surface area contributed by atoms with Crippen LogP contribution in [0.3, 0.4) is 0 Å². The summed E-state index contributed by atoms with van der Waals surface area (Å²) >= 11 is 2.74. The smallest absolute Gasteiger partial charge is 0.321 e. The van der Waals surface area contributed by atoms with E-state index in [9.17, 15) is 14.4 Å². The predicted octanol–water partition coefficient (Wildman–Crippen LogP) is 2.56. The van der Waals surface area contributed by atoms with Gasteiger partial charge in [-0.3, -0.25) is 14.9 Å². The number of nitrogens with one attached hydrogen (secondary N) is 2. The highest BCUT2D eigenvalue weighted by Crippen LogP contribution is 2.29. The molecular weight excluding hydrogens is 362 g/mol. The van der Waals surface area contributed by atoms with Crippen LogP contribution >= 0.6 is 23.1 Å². The number of ether oxygens (including phenoxy) is 1. The van der Waals surface area contributed by atoms with Crippen LogP contribution < -0.4 is 10.6 Å². The van der Waals surface area contributed by atoms with Gasteiger partial charge in [0.05, 0.1) is 16.0 Å².